The Kier molecular flexibility index (Phi) is 7.74. The van der Waals surface area contributed by atoms with E-state index >= 15 is 0 Å². The fourth-order valence-electron chi connectivity index (χ4n) is 1.45. The monoisotopic (exact) mass is 302 g/mol. The van der Waals surface area contributed by atoms with Crippen molar-refractivity contribution in [2.45, 2.75) is 0 Å². The van der Waals surface area contributed by atoms with E-state index in [0.29, 0.717) is 23.3 Å². The van der Waals surface area contributed by atoms with Crippen molar-refractivity contribution in [1.82, 2.24) is 4.90 Å². The molecule has 0 unspecified atom stereocenters. The molecule has 0 spiro atoms. The summed E-state index contributed by atoms with van der Waals surface area (Å²) in [5.74, 6) is 0. The molecule has 1 N–H and O–H groups in total. The Bertz CT molecular complexity index is 379. The normalized spacial score (nSPS) is 10.3. The molecule has 106 valence electrons. The number of benzene rings is 1. The Morgan fingerprint density at radius 2 is 1.68 bits per heavy atom. The van der Waals surface area contributed by atoms with Crippen molar-refractivity contribution < 1.29 is 9.47 Å². The molecule has 19 heavy (non-hydrogen) atoms. The molecule has 4 nitrogen and oxygen atoms in total. The van der Waals surface area contributed by atoms with Crippen LogP contribution < -0.4 is 5.32 Å². The Balaban J connectivity index is 2.56. The molecule has 0 radical (unpaired) electrons. The van der Waals surface area contributed by atoms with Gasteiger partial charge in [0.15, 0.2) is 5.11 Å². The van der Waals surface area contributed by atoms with E-state index in [1.807, 2.05) is 29.2 Å². The van der Waals surface area contributed by atoms with Crippen LogP contribution >= 0.6 is 23.8 Å². The first-order chi connectivity index (χ1) is 9.17. The van der Waals surface area contributed by atoms with Gasteiger partial charge in [0.1, 0.15) is 0 Å². The molecule has 0 aliphatic heterocycles. The maximum Gasteiger partial charge on any atom is 0.173 e. The van der Waals surface area contributed by atoms with Crippen LogP contribution in [0.2, 0.25) is 5.02 Å². The minimum atomic E-state index is 0.617. The smallest absolute Gasteiger partial charge is 0.173 e. The van der Waals surface area contributed by atoms with Crippen LogP contribution in [0.15, 0.2) is 24.3 Å². The molecule has 0 atom stereocenters. The predicted octanol–water partition coefficient (Wildman–Crippen LogP) is 2.63. The molecule has 1 aromatic carbocycles. The highest BCUT2D eigenvalue weighted by atomic mass is 35.5. The van der Waals surface area contributed by atoms with Gasteiger partial charge in [0.25, 0.3) is 0 Å². The van der Waals surface area contributed by atoms with Gasteiger partial charge in [-0.1, -0.05) is 11.6 Å². The first kappa shape index (κ1) is 16.2. The quantitative estimate of drug-likeness (QED) is 0.783. The minimum absolute atomic E-state index is 0.617. The standard InChI is InChI=1S/C13H19ClN2O2S/c1-17-9-7-16(8-10-18-2)13(19)15-12-5-3-11(14)4-6-12/h3-6H,7-10H2,1-2H3,(H,15,19). The molecule has 0 bridgehead atoms. The van der Waals surface area contributed by atoms with Gasteiger partial charge in [0.2, 0.25) is 0 Å². The van der Waals surface area contributed by atoms with E-state index in [9.17, 15) is 0 Å². The third-order valence-electron chi connectivity index (χ3n) is 2.51. The van der Waals surface area contributed by atoms with E-state index in [0.717, 1.165) is 18.8 Å². The second kappa shape index (κ2) is 9.09. The van der Waals surface area contributed by atoms with Gasteiger partial charge in [-0.2, -0.15) is 0 Å². The fraction of sp³-hybridized carbons (Fsp3) is 0.462. The van der Waals surface area contributed by atoms with Gasteiger partial charge in [-0.15, -0.1) is 0 Å². The van der Waals surface area contributed by atoms with E-state index in [2.05, 4.69) is 5.32 Å². The lowest BCUT2D eigenvalue weighted by molar-refractivity contribution is 0.147. The number of hydrogen-bond donors (Lipinski definition) is 1. The summed E-state index contributed by atoms with van der Waals surface area (Å²) < 4.78 is 10.2. The number of nitrogens with one attached hydrogen (secondary N) is 1. The average molecular weight is 303 g/mol. The molecule has 0 aliphatic rings. The molecular weight excluding hydrogens is 284 g/mol. The van der Waals surface area contributed by atoms with Gasteiger partial charge in [0, 0.05) is 38.0 Å². The van der Waals surface area contributed by atoms with Crippen LogP contribution in [0.1, 0.15) is 0 Å². The highest BCUT2D eigenvalue weighted by molar-refractivity contribution is 7.80. The first-order valence-electron chi connectivity index (χ1n) is 5.96. The van der Waals surface area contributed by atoms with Gasteiger partial charge >= 0.3 is 0 Å². The molecule has 1 rings (SSSR count). The summed E-state index contributed by atoms with van der Waals surface area (Å²) in [5, 5.41) is 4.53. The molecule has 0 aromatic heterocycles. The summed E-state index contributed by atoms with van der Waals surface area (Å²) in [4.78, 5) is 2.01. The molecular formula is C13H19ClN2O2S. The first-order valence-corrected chi connectivity index (χ1v) is 6.75. The summed E-state index contributed by atoms with van der Waals surface area (Å²) in [6.07, 6.45) is 0. The van der Waals surface area contributed by atoms with Crippen LogP contribution in [0.3, 0.4) is 0 Å². The number of anilines is 1. The van der Waals surface area contributed by atoms with Gasteiger partial charge in [-0.25, -0.2) is 0 Å². The number of halogens is 1. The van der Waals surface area contributed by atoms with Crippen molar-refractivity contribution in [3.8, 4) is 0 Å². The van der Waals surface area contributed by atoms with Crippen molar-refractivity contribution in [3.05, 3.63) is 29.3 Å². The third kappa shape index (κ3) is 6.20. The molecule has 1 aromatic rings. The Morgan fingerprint density at radius 3 is 2.16 bits per heavy atom. The zero-order valence-electron chi connectivity index (χ0n) is 11.2. The highest BCUT2D eigenvalue weighted by Crippen LogP contribution is 2.13. The maximum atomic E-state index is 5.84. The molecule has 0 fully saturated rings. The van der Waals surface area contributed by atoms with E-state index in [1.165, 1.54) is 0 Å². The van der Waals surface area contributed by atoms with Crippen molar-refractivity contribution >= 4 is 34.6 Å². The number of ether oxygens (including phenoxy) is 2. The van der Waals surface area contributed by atoms with E-state index in [-0.39, 0.29) is 0 Å². The summed E-state index contributed by atoms with van der Waals surface area (Å²) >= 11 is 11.2. The number of thiocarbonyl (C=S) groups is 1. The molecule has 0 saturated heterocycles. The lowest BCUT2D eigenvalue weighted by Gasteiger charge is -2.25. The molecule has 6 heteroatoms. The number of rotatable bonds is 7. The van der Waals surface area contributed by atoms with E-state index < -0.39 is 0 Å². The summed E-state index contributed by atoms with van der Waals surface area (Å²) in [6, 6.07) is 7.42. The highest BCUT2D eigenvalue weighted by Gasteiger charge is 2.09. The second-order valence-corrected chi connectivity index (χ2v) is 4.73. The van der Waals surface area contributed by atoms with Crippen LogP contribution in [0, 0.1) is 0 Å². The Hall–Kier alpha value is -0.880. The average Bonchev–Trinajstić information content (AvgIpc) is 2.41. The second-order valence-electron chi connectivity index (χ2n) is 3.91. The minimum Gasteiger partial charge on any atom is -0.383 e. The van der Waals surface area contributed by atoms with Crippen LogP contribution in [0.25, 0.3) is 0 Å². The third-order valence-corrected chi connectivity index (χ3v) is 3.13. The van der Waals surface area contributed by atoms with Crippen LogP contribution in [0.4, 0.5) is 5.69 Å². The topological polar surface area (TPSA) is 33.7 Å². The van der Waals surface area contributed by atoms with Gasteiger partial charge in [0.05, 0.1) is 13.2 Å². The fourth-order valence-corrected chi connectivity index (χ4v) is 1.88. The SMILES string of the molecule is COCCN(CCOC)C(=S)Nc1ccc(Cl)cc1. The van der Waals surface area contributed by atoms with Crippen LogP contribution in [-0.4, -0.2) is 50.5 Å². The van der Waals surface area contributed by atoms with Gasteiger partial charge < -0.3 is 19.7 Å². The van der Waals surface area contributed by atoms with E-state index in [4.69, 9.17) is 33.3 Å². The molecule has 0 amide bonds. The van der Waals surface area contributed by atoms with E-state index in [1.54, 1.807) is 14.2 Å². The summed E-state index contributed by atoms with van der Waals surface area (Å²) in [6.45, 7) is 2.68. The number of methoxy groups -OCH3 is 2. The van der Waals surface area contributed by atoms with Crippen LogP contribution in [-0.2, 0) is 9.47 Å². The largest absolute Gasteiger partial charge is 0.383 e. The Morgan fingerprint density at radius 1 is 1.16 bits per heavy atom. The molecule has 0 aliphatic carbocycles. The summed E-state index contributed by atoms with van der Waals surface area (Å²) in [7, 11) is 3.34. The predicted molar refractivity (Wildman–Crippen MR) is 83.0 cm³/mol. The molecule has 0 heterocycles. The number of nitrogens with zero attached hydrogens (tertiary/aromatic N) is 1. The molecule has 0 saturated carbocycles. The lowest BCUT2D eigenvalue weighted by Crippen LogP contribution is -2.39. The zero-order valence-corrected chi connectivity index (χ0v) is 12.8. The van der Waals surface area contributed by atoms with Crippen molar-refractivity contribution in [2.24, 2.45) is 0 Å². The van der Waals surface area contributed by atoms with Crippen LogP contribution in [0.5, 0.6) is 0 Å². The van der Waals surface area contributed by atoms with Gasteiger partial charge in [-0.3, -0.25) is 0 Å². The van der Waals surface area contributed by atoms with Gasteiger partial charge in [-0.05, 0) is 36.5 Å². The van der Waals surface area contributed by atoms with Crippen molar-refractivity contribution in [2.75, 3.05) is 45.8 Å². The number of hydrogen-bond acceptors (Lipinski definition) is 3. The Labute approximate surface area is 124 Å². The summed E-state index contributed by atoms with van der Waals surface area (Å²) in [5.41, 5.74) is 0.911. The van der Waals surface area contributed by atoms with Crippen molar-refractivity contribution in [1.29, 1.82) is 0 Å². The lowest BCUT2D eigenvalue weighted by atomic mass is 10.3. The van der Waals surface area contributed by atoms with Crippen molar-refractivity contribution in [3.63, 3.8) is 0 Å². The maximum absolute atomic E-state index is 5.84. The zero-order chi connectivity index (χ0) is 14.1.